The minimum absolute atomic E-state index is 0.0135. The minimum Gasteiger partial charge on any atom is -0.480 e. The zero-order valence-electron chi connectivity index (χ0n) is 16.1. The van der Waals surface area contributed by atoms with Crippen LogP contribution < -0.4 is 5.32 Å². The highest BCUT2D eigenvalue weighted by Gasteiger charge is 2.48. The maximum absolute atomic E-state index is 13.2. The van der Waals surface area contributed by atoms with Crippen LogP contribution in [0.15, 0.2) is 29.2 Å². The second-order valence-electron chi connectivity index (χ2n) is 7.95. The maximum atomic E-state index is 13.2. The van der Waals surface area contributed by atoms with Crippen molar-refractivity contribution >= 4 is 21.7 Å². The smallest absolute Gasteiger partial charge is 0.416 e. The SMILES string of the molecule is CC1(S(=O)(=O)c2cccc(C(F)(F)F)c2)CCOC(C(=O)NC(C(=O)O)C2CC2)C1. The number of sulfone groups is 1. The molecule has 3 atom stereocenters. The van der Waals surface area contributed by atoms with Gasteiger partial charge in [-0.3, -0.25) is 4.79 Å². The van der Waals surface area contributed by atoms with E-state index in [9.17, 15) is 36.3 Å². The second-order valence-corrected chi connectivity index (χ2v) is 10.4. The summed E-state index contributed by atoms with van der Waals surface area (Å²) in [5.74, 6) is -2.09. The average molecular weight is 449 g/mol. The first-order valence-electron chi connectivity index (χ1n) is 9.42. The number of nitrogens with one attached hydrogen (secondary N) is 1. The normalized spacial score (nSPS) is 26.1. The molecular formula is C19H22F3NO6S. The van der Waals surface area contributed by atoms with Crippen LogP contribution in [0.3, 0.4) is 0 Å². The van der Waals surface area contributed by atoms with E-state index in [1.54, 1.807) is 0 Å². The van der Waals surface area contributed by atoms with Crippen LogP contribution in [0.1, 0.15) is 38.2 Å². The standard InChI is InChI=1S/C19H22F3NO6S/c1-18(30(27,28)13-4-2-3-12(9-13)19(20,21)22)7-8-29-14(10-18)16(24)23-15(17(25)26)11-5-6-11/h2-4,9,11,14-15H,5-8,10H2,1H3,(H,23,24)(H,25,26). The van der Waals surface area contributed by atoms with Crippen molar-refractivity contribution in [1.29, 1.82) is 0 Å². The van der Waals surface area contributed by atoms with Crippen molar-refractivity contribution in [3.8, 4) is 0 Å². The molecule has 1 aromatic carbocycles. The Balaban J connectivity index is 1.81. The third kappa shape index (κ3) is 4.46. The van der Waals surface area contributed by atoms with Crippen LogP contribution >= 0.6 is 0 Å². The number of benzene rings is 1. The molecule has 2 fully saturated rings. The van der Waals surface area contributed by atoms with Gasteiger partial charge in [0.05, 0.1) is 15.2 Å². The molecular weight excluding hydrogens is 427 g/mol. The van der Waals surface area contributed by atoms with Crippen molar-refractivity contribution in [2.45, 2.75) is 60.6 Å². The molecule has 0 radical (unpaired) electrons. The van der Waals surface area contributed by atoms with Gasteiger partial charge in [0.25, 0.3) is 0 Å². The highest BCUT2D eigenvalue weighted by Crippen LogP contribution is 2.39. The van der Waals surface area contributed by atoms with Gasteiger partial charge in [0.1, 0.15) is 12.1 Å². The van der Waals surface area contributed by atoms with Gasteiger partial charge in [-0.25, -0.2) is 13.2 Å². The van der Waals surface area contributed by atoms with Gasteiger partial charge in [0, 0.05) is 13.0 Å². The largest absolute Gasteiger partial charge is 0.480 e. The van der Waals surface area contributed by atoms with Gasteiger partial charge in [-0.05, 0) is 50.3 Å². The van der Waals surface area contributed by atoms with Gasteiger partial charge in [0.15, 0.2) is 9.84 Å². The highest BCUT2D eigenvalue weighted by molar-refractivity contribution is 7.92. The molecule has 3 rings (SSSR count). The van der Waals surface area contributed by atoms with Crippen LogP contribution in [0.4, 0.5) is 13.2 Å². The van der Waals surface area contributed by atoms with Gasteiger partial charge in [-0.15, -0.1) is 0 Å². The summed E-state index contributed by atoms with van der Waals surface area (Å²) in [5.41, 5.74) is -1.08. The van der Waals surface area contributed by atoms with Crippen molar-refractivity contribution in [2.24, 2.45) is 5.92 Å². The summed E-state index contributed by atoms with van der Waals surface area (Å²) in [6, 6.07) is 2.41. The van der Waals surface area contributed by atoms with Crippen molar-refractivity contribution < 1.29 is 41.0 Å². The molecule has 30 heavy (non-hydrogen) atoms. The first kappa shape index (κ1) is 22.5. The topological polar surface area (TPSA) is 110 Å². The van der Waals surface area contributed by atoms with E-state index in [0.717, 1.165) is 18.2 Å². The predicted octanol–water partition coefficient (Wildman–Crippen LogP) is 2.40. The lowest BCUT2D eigenvalue weighted by atomic mass is 9.95. The lowest BCUT2D eigenvalue weighted by molar-refractivity contribution is -0.146. The first-order chi connectivity index (χ1) is 13.8. The Morgan fingerprint density at radius 3 is 2.53 bits per heavy atom. The summed E-state index contributed by atoms with van der Waals surface area (Å²) in [6.07, 6.45) is -4.88. The summed E-state index contributed by atoms with van der Waals surface area (Å²) in [4.78, 5) is 23.4. The van der Waals surface area contributed by atoms with Crippen LogP contribution in [0.5, 0.6) is 0 Å². The molecule has 11 heteroatoms. The van der Waals surface area contributed by atoms with Crippen LogP contribution in [0.2, 0.25) is 0 Å². The summed E-state index contributed by atoms with van der Waals surface area (Å²) in [5, 5.41) is 11.7. The van der Waals surface area contributed by atoms with Crippen LogP contribution in [0.25, 0.3) is 0 Å². The summed E-state index contributed by atoms with van der Waals surface area (Å²) >= 11 is 0. The molecule has 1 amide bonds. The van der Waals surface area contributed by atoms with E-state index in [-0.39, 0.29) is 25.4 Å². The third-order valence-corrected chi connectivity index (χ3v) is 8.18. The van der Waals surface area contributed by atoms with E-state index >= 15 is 0 Å². The quantitative estimate of drug-likeness (QED) is 0.690. The van der Waals surface area contributed by atoms with Crippen molar-refractivity contribution in [2.75, 3.05) is 6.61 Å². The van der Waals surface area contributed by atoms with Crippen molar-refractivity contribution in [1.82, 2.24) is 5.32 Å². The van der Waals surface area contributed by atoms with E-state index in [4.69, 9.17) is 4.74 Å². The Morgan fingerprint density at radius 1 is 1.30 bits per heavy atom. The summed E-state index contributed by atoms with van der Waals surface area (Å²) in [7, 11) is -4.24. The molecule has 1 saturated carbocycles. The maximum Gasteiger partial charge on any atom is 0.416 e. The molecule has 0 bridgehead atoms. The number of aliphatic carboxylic acids is 1. The van der Waals surface area contributed by atoms with Gasteiger partial charge in [-0.1, -0.05) is 6.07 Å². The number of carboxylic acids is 1. The molecule has 3 unspecified atom stereocenters. The number of rotatable bonds is 6. The molecule has 1 saturated heterocycles. The zero-order valence-corrected chi connectivity index (χ0v) is 16.9. The Labute approximate surface area is 171 Å². The molecule has 1 aliphatic carbocycles. The first-order valence-corrected chi connectivity index (χ1v) is 10.9. The van der Waals surface area contributed by atoms with Gasteiger partial charge in [-0.2, -0.15) is 13.2 Å². The van der Waals surface area contributed by atoms with E-state index < -0.39 is 55.2 Å². The molecule has 1 heterocycles. The molecule has 0 spiro atoms. The fourth-order valence-corrected chi connectivity index (χ4v) is 5.40. The number of amides is 1. The monoisotopic (exact) mass is 449 g/mol. The number of carbonyl (C=O) groups is 2. The zero-order chi connectivity index (χ0) is 22.3. The van der Waals surface area contributed by atoms with Crippen molar-refractivity contribution in [3.05, 3.63) is 29.8 Å². The number of carbonyl (C=O) groups excluding carboxylic acids is 1. The average Bonchev–Trinajstić information content (AvgIpc) is 3.50. The Hall–Kier alpha value is -2.14. The van der Waals surface area contributed by atoms with Crippen LogP contribution in [-0.2, 0) is 30.3 Å². The molecule has 7 nitrogen and oxygen atoms in total. The molecule has 2 aliphatic rings. The predicted molar refractivity (Wildman–Crippen MR) is 98.3 cm³/mol. The molecule has 2 N–H and O–H groups in total. The number of carboxylic acid groups (broad SMARTS) is 1. The van der Waals surface area contributed by atoms with Gasteiger partial charge < -0.3 is 15.2 Å². The van der Waals surface area contributed by atoms with Crippen molar-refractivity contribution in [3.63, 3.8) is 0 Å². The summed E-state index contributed by atoms with van der Waals surface area (Å²) in [6.45, 7) is 1.26. The highest BCUT2D eigenvalue weighted by atomic mass is 32.2. The summed E-state index contributed by atoms with van der Waals surface area (Å²) < 4.78 is 69.2. The van der Waals surface area contributed by atoms with E-state index in [0.29, 0.717) is 18.9 Å². The molecule has 1 aliphatic heterocycles. The lowest BCUT2D eigenvalue weighted by Gasteiger charge is -2.37. The van der Waals surface area contributed by atoms with E-state index in [1.807, 2.05) is 0 Å². The molecule has 0 aromatic heterocycles. The lowest BCUT2D eigenvalue weighted by Crippen LogP contribution is -2.53. The van der Waals surface area contributed by atoms with Gasteiger partial charge in [0.2, 0.25) is 5.91 Å². The number of ether oxygens (including phenoxy) is 1. The number of hydrogen-bond donors (Lipinski definition) is 2. The van der Waals surface area contributed by atoms with E-state index in [2.05, 4.69) is 5.32 Å². The minimum atomic E-state index is -4.70. The van der Waals surface area contributed by atoms with Gasteiger partial charge >= 0.3 is 12.1 Å². The fraction of sp³-hybridized carbons (Fsp3) is 0.579. The molecule has 1 aromatic rings. The van der Waals surface area contributed by atoms with Crippen LogP contribution in [-0.4, -0.2) is 48.9 Å². The number of halogens is 3. The number of alkyl halides is 3. The fourth-order valence-electron chi connectivity index (χ4n) is 3.56. The molecule has 166 valence electrons. The Kier molecular flexibility index (Phi) is 5.89. The Bertz CT molecular complexity index is 944. The second kappa shape index (κ2) is 7.84. The Morgan fingerprint density at radius 2 is 1.97 bits per heavy atom. The van der Waals surface area contributed by atoms with Crippen LogP contribution in [0, 0.1) is 5.92 Å². The third-order valence-electron chi connectivity index (χ3n) is 5.64. The van der Waals surface area contributed by atoms with E-state index in [1.165, 1.54) is 6.92 Å². The number of hydrogen-bond acceptors (Lipinski definition) is 5.